The molecule has 0 aliphatic carbocycles. The second-order valence-corrected chi connectivity index (χ2v) is 8.15. The predicted molar refractivity (Wildman–Crippen MR) is 113 cm³/mol. The Labute approximate surface area is 176 Å². The standard InChI is InChI=1S/C23H28N4O3/c1-16(28)26-14-12-18-19(15-26)24-22(25-23(18)30)20-9-5-6-13-27(20)21(29)11-10-17-7-3-2-4-8-17/h2-4,7-8,20H,5-6,9-15H2,1H3,(H,24,25,30). The van der Waals surface area contributed by atoms with Crippen molar-refractivity contribution in [2.75, 3.05) is 13.1 Å². The number of nitrogens with one attached hydrogen (secondary N) is 1. The van der Waals surface area contributed by atoms with E-state index in [2.05, 4.69) is 4.98 Å². The quantitative estimate of drug-likeness (QED) is 0.841. The molecule has 0 saturated carbocycles. The van der Waals surface area contributed by atoms with E-state index in [9.17, 15) is 14.4 Å². The molecule has 158 valence electrons. The van der Waals surface area contributed by atoms with Gasteiger partial charge < -0.3 is 14.8 Å². The van der Waals surface area contributed by atoms with Crippen molar-refractivity contribution in [3.8, 4) is 0 Å². The summed E-state index contributed by atoms with van der Waals surface area (Å²) >= 11 is 0. The maximum atomic E-state index is 13.0. The van der Waals surface area contributed by atoms with Crippen LogP contribution in [0.1, 0.15) is 61.3 Å². The molecule has 1 aromatic carbocycles. The lowest BCUT2D eigenvalue weighted by atomic mass is 9.99. The largest absolute Gasteiger partial charge is 0.337 e. The SMILES string of the molecule is CC(=O)N1CCc2c(nc(C3CCCCN3C(=O)CCc3ccccc3)[nH]c2=O)C1. The number of nitrogens with zero attached hydrogens (tertiary/aromatic N) is 3. The summed E-state index contributed by atoms with van der Waals surface area (Å²) in [5.74, 6) is 0.630. The minimum absolute atomic E-state index is 0.0142. The number of piperidine rings is 1. The summed E-state index contributed by atoms with van der Waals surface area (Å²) in [5, 5.41) is 0. The van der Waals surface area contributed by atoms with Crippen molar-refractivity contribution in [1.29, 1.82) is 0 Å². The minimum Gasteiger partial charge on any atom is -0.337 e. The Balaban J connectivity index is 1.54. The zero-order valence-electron chi connectivity index (χ0n) is 17.4. The number of carbonyl (C=O) groups is 2. The van der Waals surface area contributed by atoms with Crippen molar-refractivity contribution >= 4 is 11.8 Å². The zero-order chi connectivity index (χ0) is 21.1. The van der Waals surface area contributed by atoms with Gasteiger partial charge in [0.05, 0.1) is 18.3 Å². The summed E-state index contributed by atoms with van der Waals surface area (Å²) in [6.45, 7) is 3.11. The van der Waals surface area contributed by atoms with Gasteiger partial charge in [0, 0.05) is 32.0 Å². The lowest BCUT2D eigenvalue weighted by molar-refractivity contribution is -0.135. The van der Waals surface area contributed by atoms with Gasteiger partial charge in [0.1, 0.15) is 5.82 Å². The van der Waals surface area contributed by atoms with E-state index in [-0.39, 0.29) is 23.4 Å². The van der Waals surface area contributed by atoms with Crippen molar-refractivity contribution in [3.05, 3.63) is 63.3 Å². The van der Waals surface area contributed by atoms with E-state index in [0.717, 1.165) is 24.8 Å². The number of benzene rings is 1. The molecule has 1 saturated heterocycles. The zero-order valence-corrected chi connectivity index (χ0v) is 17.4. The molecule has 1 aromatic heterocycles. The molecule has 2 aromatic rings. The number of amides is 2. The maximum Gasteiger partial charge on any atom is 0.254 e. The second kappa shape index (κ2) is 8.81. The fraction of sp³-hybridized carbons (Fsp3) is 0.478. The van der Waals surface area contributed by atoms with Gasteiger partial charge in [-0.3, -0.25) is 14.4 Å². The van der Waals surface area contributed by atoms with E-state index in [1.54, 1.807) is 4.90 Å². The lowest BCUT2D eigenvalue weighted by Crippen LogP contribution is -2.42. The van der Waals surface area contributed by atoms with Gasteiger partial charge in [-0.15, -0.1) is 0 Å². The molecule has 2 aliphatic rings. The summed E-state index contributed by atoms with van der Waals surface area (Å²) in [4.78, 5) is 48.8. The van der Waals surface area contributed by atoms with Gasteiger partial charge in [-0.1, -0.05) is 30.3 Å². The van der Waals surface area contributed by atoms with Gasteiger partial charge >= 0.3 is 0 Å². The number of aryl methyl sites for hydroxylation is 1. The molecule has 0 spiro atoms. The molecule has 7 heteroatoms. The molecule has 3 heterocycles. The van der Waals surface area contributed by atoms with Crippen LogP contribution in [-0.4, -0.2) is 44.7 Å². The fourth-order valence-corrected chi connectivity index (χ4v) is 4.44. The van der Waals surface area contributed by atoms with Crippen LogP contribution in [0.15, 0.2) is 35.1 Å². The van der Waals surface area contributed by atoms with E-state index < -0.39 is 0 Å². The summed E-state index contributed by atoms with van der Waals surface area (Å²) in [6, 6.07) is 9.78. The van der Waals surface area contributed by atoms with Crippen LogP contribution in [-0.2, 0) is 29.0 Å². The van der Waals surface area contributed by atoms with Gasteiger partial charge in [-0.2, -0.15) is 0 Å². The topological polar surface area (TPSA) is 86.4 Å². The molecule has 0 bridgehead atoms. The number of carbonyl (C=O) groups excluding carboxylic acids is 2. The van der Waals surface area contributed by atoms with Crippen molar-refractivity contribution in [3.63, 3.8) is 0 Å². The average molecular weight is 409 g/mol. The molecule has 2 amide bonds. The van der Waals surface area contributed by atoms with Crippen LogP contribution in [0.2, 0.25) is 0 Å². The molecule has 1 fully saturated rings. The number of hydrogen-bond donors (Lipinski definition) is 1. The fourth-order valence-electron chi connectivity index (χ4n) is 4.44. The molecule has 4 rings (SSSR count). The van der Waals surface area contributed by atoms with Crippen LogP contribution in [0.5, 0.6) is 0 Å². The molecule has 0 radical (unpaired) electrons. The van der Waals surface area contributed by atoms with Crippen molar-refractivity contribution in [1.82, 2.24) is 19.8 Å². The van der Waals surface area contributed by atoms with E-state index in [4.69, 9.17) is 4.98 Å². The van der Waals surface area contributed by atoms with E-state index in [1.165, 1.54) is 6.92 Å². The van der Waals surface area contributed by atoms with Crippen LogP contribution in [0.25, 0.3) is 0 Å². The maximum absolute atomic E-state index is 13.0. The Hall–Kier alpha value is -2.96. The highest BCUT2D eigenvalue weighted by Gasteiger charge is 2.31. The van der Waals surface area contributed by atoms with Crippen LogP contribution < -0.4 is 5.56 Å². The molecule has 30 heavy (non-hydrogen) atoms. The number of rotatable bonds is 4. The predicted octanol–water partition coefficient (Wildman–Crippen LogP) is 2.36. The van der Waals surface area contributed by atoms with E-state index in [1.807, 2.05) is 35.2 Å². The highest BCUT2D eigenvalue weighted by molar-refractivity contribution is 5.77. The molecular weight excluding hydrogens is 380 g/mol. The Kier molecular flexibility index (Phi) is 5.97. The third-order valence-electron chi connectivity index (χ3n) is 6.15. The molecule has 1 unspecified atom stereocenters. The Morgan fingerprint density at radius 3 is 2.73 bits per heavy atom. The number of aromatic amines is 1. The van der Waals surface area contributed by atoms with Gasteiger partial charge in [0.15, 0.2) is 0 Å². The summed E-state index contributed by atoms with van der Waals surface area (Å²) in [6.07, 6.45) is 4.39. The van der Waals surface area contributed by atoms with Gasteiger partial charge in [-0.25, -0.2) is 4.98 Å². The molecule has 1 N–H and O–H groups in total. The van der Waals surface area contributed by atoms with Gasteiger partial charge in [-0.05, 0) is 37.7 Å². The highest BCUT2D eigenvalue weighted by atomic mass is 16.2. The van der Waals surface area contributed by atoms with Crippen molar-refractivity contribution in [2.24, 2.45) is 0 Å². The van der Waals surface area contributed by atoms with Crippen LogP contribution in [0.4, 0.5) is 0 Å². The highest BCUT2D eigenvalue weighted by Crippen LogP contribution is 2.30. The van der Waals surface area contributed by atoms with Gasteiger partial charge in [0.2, 0.25) is 11.8 Å². The lowest BCUT2D eigenvalue weighted by Gasteiger charge is -2.36. The molecular formula is C23H28N4O3. The van der Waals surface area contributed by atoms with Crippen molar-refractivity contribution < 1.29 is 9.59 Å². The normalized spacial score (nSPS) is 18.8. The number of hydrogen-bond acceptors (Lipinski definition) is 4. The molecule has 2 aliphatic heterocycles. The Bertz CT molecular complexity index is 986. The first-order chi connectivity index (χ1) is 14.5. The first-order valence-electron chi connectivity index (χ1n) is 10.7. The second-order valence-electron chi connectivity index (χ2n) is 8.15. The van der Waals surface area contributed by atoms with E-state index >= 15 is 0 Å². The molecule has 7 nitrogen and oxygen atoms in total. The monoisotopic (exact) mass is 408 g/mol. The summed E-state index contributed by atoms with van der Waals surface area (Å²) in [5.41, 5.74) is 2.33. The number of aromatic nitrogens is 2. The van der Waals surface area contributed by atoms with E-state index in [0.29, 0.717) is 56.0 Å². The number of H-pyrrole nitrogens is 1. The molecule has 1 atom stereocenters. The number of fused-ring (bicyclic) bond motifs is 1. The Morgan fingerprint density at radius 2 is 1.97 bits per heavy atom. The van der Waals surface area contributed by atoms with Crippen LogP contribution in [0, 0.1) is 0 Å². The average Bonchev–Trinajstić information content (AvgIpc) is 2.77. The van der Waals surface area contributed by atoms with Crippen molar-refractivity contribution in [2.45, 2.75) is 58.0 Å². The summed E-state index contributed by atoms with van der Waals surface area (Å²) < 4.78 is 0. The van der Waals surface area contributed by atoms with Gasteiger partial charge in [0.25, 0.3) is 5.56 Å². The minimum atomic E-state index is -0.215. The summed E-state index contributed by atoms with van der Waals surface area (Å²) in [7, 11) is 0. The smallest absolute Gasteiger partial charge is 0.254 e. The first-order valence-corrected chi connectivity index (χ1v) is 10.7. The van der Waals surface area contributed by atoms with Crippen LogP contribution in [0.3, 0.4) is 0 Å². The Morgan fingerprint density at radius 1 is 1.17 bits per heavy atom. The number of likely N-dealkylation sites (tertiary alicyclic amines) is 1. The third kappa shape index (κ3) is 4.30. The first kappa shape index (κ1) is 20.3. The third-order valence-corrected chi connectivity index (χ3v) is 6.15. The van der Waals surface area contributed by atoms with Crippen LogP contribution >= 0.6 is 0 Å².